The van der Waals surface area contributed by atoms with Gasteiger partial charge >= 0.3 is 14.5 Å². The van der Waals surface area contributed by atoms with Crippen LogP contribution >= 0.6 is 11.3 Å². The Kier molecular flexibility index (Phi) is 8.13. The number of aromatic amines is 1. The van der Waals surface area contributed by atoms with E-state index < -0.39 is 31.6 Å². The second kappa shape index (κ2) is 11.2. The van der Waals surface area contributed by atoms with Gasteiger partial charge in [0.25, 0.3) is 5.56 Å². The Bertz CT molecular complexity index is 1690. The minimum Gasteiger partial charge on any atom is -0.548 e. The van der Waals surface area contributed by atoms with Gasteiger partial charge in [-0.15, -0.1) is 11.3 Å². The van der Waals surface area contributed by atoms with Gasteiger partial charge in [0, 0.05) is 0 Å². The maximum Gasteiger partial charge on any atom is 0.396 e. The normalized spacial score (nSPS) is 11.7. The van der Waals surface area contributed by atoms with Crippen LogP contribution in [0.1, 0.15) is 40.2 Å². The molecule has 0 aliphatic carbocycles. The van der Waals surface area contributed by atoms with E-state index in [-0.39, 0.29) is 5.39 Å². The molecule has 5 aromatic rings. The molecule has 40 heavy (non-hydrogen) atoms. The average Bonchev–Trinajstić information content (AvgIpc) is 3.53. The summed E-state index contributed by atoms with van der Waals surface area (Å²) < 4.78 is 5.89. The van der Waals surface area contributed by atoms with Crippen molar-refractivity contribution in [1.29, 1.82) is 0 Å². The Morgan fingerprint density at radius 3 is 1.98 bits per heavy atom. The van der Waals surface area contributed by atoms with Gasteiger partial charge in [0.05, 0.1) is 33.0 Å². The van der Waals surface area contributed by atoms with E-state index >= 15 is 0 Å². The SMILES string of the molecule is CC(C)(C)[Si+](c1ccccc1)c1ccccc1.Cc1c(-c2ncco2)sc2[nH]c(=O)n(C(C)(C)C(=O)[O-])c(=O)c12. The van der Waals surface area contributed by atoms with Crippen molar-refractivity contribution < 1.29 is 14.3 Å². The van der Waals surface area contributed by atoms with Crippen molar-refractivity contribution in [2.75, 3.05) is 0 Å². The number of thiophene rings is 1. The van der Waals surface area contributed by atoms with Crippen LogP contribution in [0.4, 0.5) is 0 Å². The first-order valence-corrected chi connectivity index (χ1v) is 15.0. The Morgan fingerprint density at radius 1 is 0.975 bits per heavy atom. The quantitative estimate of drug-likeness (QED) is 0.322. The van der Waals surface area contributed by atoms with E-state index in [0.29, 0.717) is 30.8 Å². The van der Waals surface area contributed by atoms with Gasteiger partial charge in [-0.25, -0.2) is 14.3 Å². The fourth-order valence-electron chi connectivity index (χ4n) is 4.60. The van der Waals surface area contributed by atoms with Gasteiger partial charge in [0.2, 0.25) is 5.89 Å². The number of benzene rings is 2. The second-order valence-electron chi connectivity index (χ2n) is 10.9. The van der Waals surface area contributed by atoms with Crippen LogP contribution in [0.3, 0.4) is 0 Å². The third kappa shape index (κ3) is 5.63. The molecule has 0 saturated heterocycles. The summed E-state index contributed by atoms with van der Waals surface area (Å²) in [6, 6.07) is 21.9. The molecule has 0 spiro atoms. The van der Waals surface area contributed by atoms with E-state index in [2.05, 4.69) is 91.4 Å². The standard InChI is InChI=1S/C16H19Si.C14H13N3O5S/c1-16(2,3)17(14-10-6-4-7-11-14)15-12-8-5-9-13-15;1-6-7-10(23-8(6)9-15-4-5-22-9)16-13(21)17(11(7)18)14(2,3)12(19)20/h4-13H,1-3H3;4-5H,1-3H3,(H,16,21)(H,19,20)/q+1;/p-1. The van der Waals surface area contributed by atoms with Crippen LogP contribution in [0.5, 0.6) is 0 Å². The molecule has 2 aromatic carbocycles. The van der Waals surface area contributed by atoms with Crippen molar-refractivity contribution in [1.82, 2.24) is 14.5 Å². The number of fused-ring (bicyclic) bond motifs is 1. The minimum absolute atomic E-state index is 0.233. The van der Waals surface area contributed by atoms with Crippen LogP contribution in [0, 0.1) is 6.92 Å². The van der Waals surface area contributed by atoms with Crippen molar-refractivity contribution in [3.05, 3.63) is 99.5 Å². The molecule has 206 valence electrons. The first-order valence-electron chi connectivity index (χ1n) is 12.7. The highest BCUT2D eigenvalue weighted by atomic mass is 32.1. The second-order valence-corrected chi connectivity index (χ2v) is 15.3. The summed E-state index contributed by atoms with van der Waals surface area (Å²) in [5, 5.41) is 14.8. The molecule has 1 N–H and O–H groups in total. The lowest BCUT2D eigenvalue weighted by molar-refractivity contribution is -0.316. The topological polar surface area (TPSA) is 121 Å². The van der Waals surface area contributed by atoms with E-state index in [0.717, 1.165) is 11.3 Å². The van der Waals surface area contributed by atoms with Crippen molar-refractivity contribution in [3.8, 4) is 10.8 Å². The first-order chi connectivity index (χ1) is 18.8. The molecule has 0 bridgehead atoms. The molecule has 0 radical (unpaired) electrons. The number of H-pyrrole nitrogens is 1. The number of nitrogens with one attached hydrogen (secondary N) is 1. The summed E-state index contributed by atoms with van der Waals surface area (Å²) in [7, 11) is -0.715. The zero-order valence-electron chi connectivity index (χ0n) is 23.3. The number of nitrogens with zero attached hydrogens (tertiary/aromatic N) is 2. The van der Waals surface area contributed by atoms with Crippen LogP contribution < -0.4 is 26.7 Å². The number of aliphatic carboxylic acids is 1. The summed E-state index contributed by atoms with van der Waals surface area (Å²) >= 11 is 1.15. The van der Waals surface area contributed by atoms with Crippen LogP contribution in [0.2, 0.25) is 5.04 Å². The maximum absolute atomic E-state index is 12.7. The lowest BCUT2D eigenvalue weighted by atomic mass is 10.1. The number of oxazole rings is 1. The first kappa shape index (κ1) is 29.0. The molecule has 0 aliphatic heterocycles. The van der Waals surface area contributed by atoms with Gasteiger partial charge in [-0.05, 0) is 71.4 Å². The molecule has 5 rings (SSSR count). The molecule has 0 aliphatic rings. The Labute approximate surface area is 237 Å². The van der Waals surface area contributed by atoms with Crippen LogP contribution in [0.25, 0.3) is 21.0 Å². The number of hydrogen-bond donors (Lipinski definition) is 1. The van der Waals surface area contributed by atoms with Crippen LogP contribution in [-0.2, 0) is 10.3 Å². The Hall–Kier alpha value is -4.02. The van der Waals surface area contributed by atoms with Crippen LogP contribution in [-0.4, -0.2) is 29.3 Å². The molecule has 3 heterocycles. The third-order valence-electron chi connectivity index (χ3n) is 6.55. The number of carbonyl (C=O) groups excluding carboxylic acids is 1. The van der Waals surface area contributed by atoms with E-state index in [9.17, 15) is 19.5 Å². The van der Waals surface area contributed by atoms with Gasteiger partial charge in [-0.1, -0.05) is 36.4 Å². The van der Waals surface area contributed by atoms with Gasteiger partial charge in [-0.3, -0.25) is 9.78 Å². The fraction of sp³-hybridized carbons (Fsp3) is 0.267. The van der Waals surface area contributed by atoms with Crippen molar-refractivity contribution in [2.24, 2.45) is 0 Å². The van der Waals surface area contributed by atoms with Crippen molar-refractivity contribution in [3.63, 3.8) is 0 Å². The van der Waals surface area contributed by atoms with E-state index in [4.69, 9.17) is 4.42 Å². The molecule has 3 aromatic heterocycles. The number of carbonyl (C=O) groups is 1. The molecule has 8 nitrogen and oxygen atoms in total. The van der Waals surface area contributed by atoms with Gasteiger partial charge < -0.3 is 14.3 Å². The van der Waals surface area contributed by atoms with Crippen LogP contribution in [0.15, 0.2) is 87.1 Å². The molecular weight excluding hydrogens is 542 g/mol. The predicted molar refractivity (Wildman–Crippen MR) is 159 cm³/mol. The minimum atomic E-state index is -1.78. The third-order valence-corrected chi connectivity index (χ3v) is 11.1. The number of aromatic nitrogens is 3. The number of rotatable bonds is 5. The smallest absolute Gasteiger partial charge is 0.396 e. The molecule has 0 fully saturated rings. The number of carboxylic acid groups (broad SMARTS) is 1. The fourth-order valence-corrected chi connectivity index (χ4v) is 8.84. The highest BCUT2D eigenvalue weighted by Crippen LogP contribution is 2.34. The summed E-state index contributed by atoms with van der Waals surface area (Å²) in [6.45, 7) is 11.2. The molecule has 0 saturated carbocycles. The zero-order chi connectivity index (χ0) is 29.2. The highest BCUT2D eigenvalue weighted by Gasteiger charge is 2.45. The summed E-state index contributed by atoms with van der Waals surface area (Å²) in [6.07, 6.45) is 2.87. The summed E-state index contributed by atoms with van der Waals surface area (Å²) in [5.74, 6) is -1.19. The molecule has 0 amide bonds. The van der Waals surface area contributed by atoms with Gasteiger partial charge in [0.15, 0.2) is 0 Å². The lowest BCUT2D eigenvalue weighted by Crippen LogP contribution is -2.55. The zero-order valence-corrected chi connectivity index (χ0v) is 25.1. The molecular formula is C30H31N3O5SSi. The molecule has 0 unspecified atom stereocenters. The molecule has 0 atom stereocenters. The summed E-state index contributed by atoms with van der Waals surface area (Å²) in [5.41, 5.74) is -2.71. The highest BCUT2D eigenvalue weighted by molar-refractivity contribution is 7.22. The number of aryl methyl sites for hydroxylation is 1. The van der Waals surface area contributed by atoms with Crippen molar-refractivity contribution in [2.45, 2.75) is 52.1 Å². The lowest BCUT2D eigenvalue weighted by Gasteiger charge is -2.27. The van der Waals surface area contributed by atoms with Gasteiger partial charge in [0.1, 0.15) is 21.5 Å². The maximum atomic E-state index is 12.7. The summed E-state index contributed by atoms with van der Waals surface area (Å²) in [4.78, 5) is 43.7. The monoisotopic (exact) mass is 573 g/mol. The van der Waals surface area contributed by atoms with Gasteiger partial charge in [-0.2, -0.15) is 0 Å². The number of hydrogen-bond acceptors (Lipinski definition) is 7. The average molecular weight is 574 g/mol. The van der Waals surface area contributed by atoms with Crippen molar-refractivity contribution >= 4 is 46.7 Å². The Morgan fingerprint density at radius 2 is 1.52 bits per heavy atom. The van der Waals surface area contributed by atoms with E-state index in [1.54, 1.807) is 6.92 Å². The molecule has 10 heteroatoms. The number of carboxylic acids is 1. The predicted octanol–water partition coefficient (Wildman–Crippen LogP) is 3.30. The van der Waals surface area contributed by atoms with E-state index in [1.807, 2.05) is 0 Å². The van der Waals surface area contributed by atoms with E-state index in [1.165, 1.54) is 36.7 Å². The largest absolute Gasteiger partial charge is 0.548 e. The Balaban J connectivity index is 0.000000194.